The van der Waals surface area contributed by atoms with E-state index in [1.165, 1.54) is 0 Å². The van der Waals surface area contributed by atoms with Gasteiger partial charge in [-0.05, 0) is 26.7 Å². The molecule has 1 heterocycles. The van der Waals surface area contributed by atoms with Crippen LogP contribution in [0.15, 0.2) is 9.95 Å². The molecule has 1 N–H and O–H groups in total. The minimum atomic E-state index is -0.486. The second kappa shape index (κ2) is 7.84. The van der Waals surface area contributed by atoms with Crippen molar-refractivity contribution in [3.63, 3.8) is 0 Å². The van der Waals surface area contributed by atoms with Gasteiger partial charge in [-0.25, -0.2) is 4.98 Å². The van der Waals surface area contributed by atoms with Crippen molar-refractivity contribution in [2.75, 3.05) is 0 Å². The monoisotopic (exact) mass is 309 g/mol. The summed E-state index contributed by atoms with van der Waals surface area (Å²) in [4.78, 5) is 30.4. The molecule has 1 aromatic heterocycles. The molecule has 1 rings (SSSR count). The summed E-state index contributed by atoms with van der Waals surface area (Å²) >= 11 is 1.12. The van der Waals surface area contributed by atoms with E-state index in [0.717, 1.165) is 18.2 Å². The van der Waals surface area contributed by atoms with E-state index in [4.69, 9.17) is 10.00 Å². The van der Waals surface area contributed by atoms with Gasteiger partial charge in [0.2, 0.25) is 0 Å². The standard InChI is InChI=1S/C14H19N3O3S/c1-5-8(3)20-13(19)9(4)21-14-16-11(6-2)10(7-15)12(18)17-14/h8-9H,5-6H2,1-4H3,(H,16,17,18)/t8-,9-/m1/s1. The van der Waals surface area contributed by atoms with Crippen LogP contribution in [0.2, 0.25) is 0 Å². The highest BCUT2D eigenvalue weighted by Gasteiger charge is 2.20. The van der Waals surface area contributed by atoms with Crippen molar-refractivity contribution in [2.24, 2.45) is 0 Å². The van der Waals surface area contributed by atoms with Crippen LogP contribution >= 0.6 is 11.8 Å². The van der Waals surface area contributed by atoms with E-state index in [9.17, 15) is 9.59 Å². The van der Waals surface area contributed by atoms with Crippen molar-refractivity contribution in [3.8, 4) is 6.07 Å². The van der Waals surface area contributed by atoms with Crippen LogP contribution in [0.4, 0.5) is 0 Å². The number of nitrogens with zero attached hydrogens (tertiary/aromatic N) is 2. The fourth-order valence-electron chi connectivity index (χ4n) is 1.52. The van der Waals surface area contributed by atoms with Gasteiger partial charge in [0.1, 0.15) is 16.9 Å². The molecule has 114 valence electrons. The molecule has 0 bridgehead atoms. The lowest BCUT2D eigenvalue weighted by Gasteiger charge is -2.15. The zero-order valence-electron chi connectivity index (χ0n) is 12.6. The number of esters is 1. The molecule has 0 fully saturated rings. The molecule has 0 radical (unpaired) electrons. The number of aromatic amines is 1. The minimum absolute atomic E-state index is 0.0247. The number of hydrogen-bond acceptors (Lipinski definition) is 6. The summed E-state index contributed by atoms with van der Waals surface area (Å²) in [5.74, 6) is -0.348. The van der Waals surface area contributed by atoms with Crippen molar-refractivity contribution in [1.29, 1.82) is 5.26 Å². The van der Waals surface area contributed by atoms with Crippen molar-refractivity contribution >= 4 is 17.7 Å². The van der Waals surface area contributed by atoms with Gasteiger partial charge < -0.3 is 9.72 Å². The molecule has 0 spiro atoms. The van der Waals surface area contributed by atoms with E-state index in [2.05, 4.69) is 9.97 Å². The number of ether oxygens (including phenoxy) is 1. The molecule has 0 amide bonds. The van der Waals surface area contributed by atoms with Crippen LogP contribution in [0.3, 0.4) is 0 Å². The molecule has 0 aromatic carbocycles. The second-order valence-corrected chi connectivity index (χ2v) is 5.90. The first-order valence-corrected chi connectivity index (χ1v) is 7.71. The van der Waals surface area contributed by atoms with E-state index < -0.39 is 10.8 Å². The molecule has 1 aromatic rings. The normalized spacial score (nSPS) is 13.3. The molecule has 0 aliphatic heterocycles. The lowest BCUT2D eigenvalue weighted by Crippen LogP contribution is -2.23. The second-order valence-electron chi connectivity index (χ2n) is 4.57. The highest BCUT2D eigenvalue weighted by atomic mass is 32.2. The topological polar surface area (TPSA) is 95.8 Å². The van der Waals surface area contributed by atoms with Crippen LogP contribution in [-0.2, 0) is 16.0 Å². The fourth-order valence-corrected chi connectivity index (χ4v) is 2.32. The summed E-state index contributed by atoms with van der Waals surface area (Å²) in [7, 11) is 0. The third kappa shape index (κ3) is 4.60. The molecular weight excluding hydrogens is 290 g/mol. The molecule has 21 heavy (non-hydrogen) atoms. The van der Waals surface area contributed by atoms with Gasteiger partial charge in [0.15, 0.2) is 5.16 Å². The van der Waals surface area contributed by atoms with Crippen molar-refractivity contribution in [2.45, 2.75) is 57.0 Å². The van der Waals surface area contributed by atoms with Crippen LogP contribution in [0.25, 0.3) is 0 Å². The lowest BCUT2D eigenvalue weighted by atomic mass is 10.2. The summed E-state index contributed by atoms with van der Waals surface area (Å²) in [6, 6.07) is 1.84. The number of aryl methyl sites for hydroxylation is 1. The van der Waals surface area contributed by atoms with Gasteiger partial charge >= 0.3 is 5.97 Å². The number of carbonyl (C=O) groups is 1. The average molecular weight is 309 g/mol. The van der Waals surface area contributed by atoms with Gasteiger partial charge in [-0.3, -0.25) is 9.59 Å². The van der Waals surface area contributed by atoms with Crippen LogP contribution in [0.5, 0.6) is 0 Å². The molecule has 0 saturated heterocycles. The molecule has 7 heteroatoms. The maximum atomic E-state index is 11.9. The van der Waals surface area contributed by atoms with Crippen LogP contribution in [0.1, 0.15) is 45.4 Å². The van der Waals surface area contributed by atoms with E-state index in [1.54, 1.807) is 6.92 Å². The average Bonchev–Trinajstić information content (AvgIpc) is 2.46. The van der Waals surface area contributed by atoms with Crippen molar-refractivity contribution in [3.05, 3.63) is 21.6 Å². The van der Waals surface area contributed by atoms with Crippen molar-refractivity contribution < 1.29 is 9.53 Å². The molecule has 0 unspecified atom stereocenters. The Bertz CT molecular complexity index is 606. The number of carbonyl (C=O) groups excluding carboxylic acids is 1. The highest BCUT2D eigenvalue weighted by molar-refractivity contribution is 8.00. The first-order valence-electron chi connectivity index (χ1n) is 6.83. The predicted octanol–water partition coefficient (Wildman–Crippen LogP) is 2.03. The summed E-state index contributed by atoms with van der Waals surface area (Å²) < 4.78 is 5.23. The third-order valence-electron chi connectivity index (χ3n) is 2.93. The first-order chi connectivity index (χ1) is 9.92. The first kappa shape index (κ1) is 17.2. The van der Waals surface area contributed by atoms with Gasteiger partial charge in [-0.2, -0.15) is 5.26 Å². The summed E-state index contributed by atoms with van der Waals surface area (Å²) in [6.07, 6.45) is 1.08. The Morgan fingerprint density at radius 2 is 2.14 bits per heavy atom. The van der Waals surface area contributed by atoms with Crippen molar-refractivity contribution in [1.82, 2.24) is 9.97 Å². The number of nitriles is 1. The molecule has 0 aliphatic rings. The summed E-state index contributed by atoms with van der Waals surface area (Å²) in [5, 5.41) is 8.76. The molecule has 2 atom stereocenters. The summed E-state index contributed by atoms with van der Waals surface area (Å²) in [5.41, 5.74) is -0.0164. The third-order valence-corrected chi connectivity index (χ3v) is 3.89. The van der Waals surface area contributed by atoms with Gasteiger partial charge in [-0.15, -0.1) is 0 Å². The Hall–Kier alpha value is -1.81. The van der Waals surface area contributed by atoms with E-state index in [-0.39, 0.29) is 17.6 Å². The maximum Gasteiger partial charge on any atom is 0.319 e. The number of aromatic nitrogens is 2. The van der Waals surface area contributed by atoms with Gasteiger partial charge in [-0.1, -0.05) is 25.6 Å². The zero-order chi connectivity index (χ0) is 16.0. The predicted molar refractivity (Wildman–Crippen MR) is 80.1 cm³/mol. The van der Waals surface area contributed by atoms with E-state index >= 15 is 0 Å². The Balaban J connectivity index is 2.89. The number of rotatable bonds is 6. The SMILES string of the molecule is CCc1nc(S[C@H](C)C(=O)O[C@H](C)CC)[nH]c(=O)c1C#N. The van der Waals surface area contributed by atoms with Gasteiger partial charge in [0, 0.05) is 0 Å². The highest BCUT2D eigenvalue weighted by Crippen LogP contribution is 2.21. The van der Waals surface area contributed by atoms with Crippen LogP contribution in [0, 0.1) is 11.3 Å². The van der Waals surface area contributed by atoms with Crippen LogP contribution < -0.4 is 5.56 Å². The largest absolute Gasteiger partial charge is 0.462 e. The van der Waals surface area contributed by atoms with E-state index in [0.29, 0.717) is 17.3 Å². The Labute approximate surface area is 127 Å². The lowest BCUT2D eigenvalue weighted by molar-refractivity contribution is -0.147. The Morgan fingerprint density at radius 3 is 2.67 bits per heavy atom. The Kier molecular flexibility index (Phi) is 6.43. The van der Waals surface area contributed by atoms with Gasteiger partial charge in [0.05, 0.1) is 11.8 Å². The molecular formula is C14H19N3O3S. The quantitative estimate of drug-likeness (QED) is 0.490. The maximum absolute atomic E-state index is 11.9. The number of hydrogen-bond donors (Lipinski definition) is 1. The smallest absolute Gasteiger partial charge is 0.319 e. The molecule has 6 nitrogen and oxygen atoms in total. The molecule has 0 saturated carbocycles. The fraction of sp³-hybridized carbons (Fsp3) is 0.571. The summed E-state index contributed by atoms with van der Waals surface area (Å²) in [6.45, 7) is 7.27. The van der Waals surface area contributed by atoms with E-state index in [1.807, 2.05) is 26.8 Å². The van der Waals surface area contributed by atoms with Gasteiger partial charge in [0.25, 0.3) is 5.56 Å². The zero-order valence-corrected chi connectivity index (χ0v) is 13.4. The Morgan fingerprint density at radius 1 is 1.48 bits per heavy atom. The number of thioether (sulfide) groups is 1. The number of nitrogens with one attached hydrogen (secondary N) is 1. The minimum Gasteiger partial charge on any atom is -0.462 e. The van der Waals surface area contributed by atoms with Crippen LogP contribution in [-0.4, -0.2) is 27.3 Å². The molecule has 0 aliphatic carbocycles. The number of H-pyrrole nitrogens is 1.